The number of hydrogen-bond acceptors (Lipinski definition) is 4. The van der Waals surface area contributed by atoms with Crippen LogP contribution < -0.4 is 5.73 Å². The zero-order valence-corrected chi connectivity index (χ0v) is 6.91. The molecular formula is C8H10N4. The van der Waals surface area contributed by atoms with Gasteiger partial charge in [-0.1, -0.05) is 13.3 Å². The van der Waals surface area contributed by atoms with Gasteiger partial charge in [0.05, 0.1) is 17.5 Å². The summed E-state index contributed by atoms with van der Waals surface area (Å²) in [5, 5.41) is 8.67. The van der Waals surface area contributed by atoms with Gasteiger partial charge in [-0.2, -0.15) is 5.26 Å². The largest absolute Gasteiger partial charge is 0.368 e. The first-order valence-electron chi connectivity index (χ1n) is 3.79. The van der Waals surface area contributed by atoms with Gasteiger partial charge in [0, 0.05) is 0 Å². The fourth-order valence-electron chi connectivity index (χ4n) is 0.953. The first-order chi connectivity index (χ1) is 5.77. The number of anilines is 1. The van der Waals surface area contributed by atoms with E-state index in [1.165, 1.54) is 6.20 Å². The number of hydrogen-bond donors (Lipinski definition) is 1. The Morgan fingerprint density at radius 3 is 3.00 bits per heavy atom. The van der Waals surface area contributed by atoms with Gasteiger partial charge in [0.15, 0.2) is 0 Å². The zero-order valence-electron chi connectivity index (χ0n) is 6.91. The molecule has 0 fully saturated rings. The molecule has 1 rings (SSSR count). The van der Waals surface area contributed by atoms with E-state index in [2.05, 4.69) is 9.97 Å². The van der Waals surface area contributed by atoms with Crippen molar-refractivity contribution in [2.45, 2.75) is 19.8 Å². The smallest absolute Gasteiger partial charge is 0.220 e. The molecule has 0 unspecified atom stereocenters. The van der Waals surface area contributed by atoms with Crippen LogP contribution in [0.5, 0.6) is 0 Å². The van der Waals surface area contributed by atoms with E-state index in [1.54, 1.807) is 0 Å². The highest BCUT2D eigenvalue weighted by Gasteiger charge is 2.03. The maximum atomic E-state index is 8.67. The Balaban J connectivity index is 3.06. The predicted octanol–water partition coefficient (Wildman–Crippen LogP) is 0.883. The molecule has 0 amide bonds. The van der Waals surface area contributed by atoms with Crippen LogP contribution in [0.3, 0.4) is 0 Å². The van der Waals surface area contributed by atoms with E-state index in [9.17, 15) is 0 Å². The summed E-state index contributed by atoms with van der Waals surface area (Å²) in [7, 11) is 0. The molecule has 1 heterocycles. The average molecular weight is 162 g/mol. The van der Waals surface area contributed by atoms with Crippen molar-refractivity contribution in [2.24, 2.45) is 0 Å². The van der Waals surface area contributed by atoms with Gasteiger partial charge in [0.1, 0.15) is 6.07 Å². The highest BCUT2D eigenvalue weighted by Crippen LogP contribution is 2.06. The van der Waals surface area contributed by atoms with Crippen LogP contribution in [0.1, 0.15) is 24.6 Å². The van der Waals surface area contributed by atoms with Gasteiger partial charge in [0.2, 0.25) is 5.95 Å². The summed E-state index contributed by atoms with van der Waals surface area (Å²) in [5.41, 5.74) is 6.64. The van der Waals surface area contributed by atoms with Crippen LogP contribution >= 0.6 is 0 Å². The molecule has 4 nitrogen and oxygen atoms in total. The van der Waals surface area contributed by atoms with Crippen LogP contribution in [0.25, 0.3) is 0 Å². The van der Waals surface area contributed by atoms with Crippen molar-refractivity contribution in [2.75, 3.05) is 5.73 Å². The Hall–Kier alpha value is -1.63. The first kappa shape index (κ1) is 8.47. The molecule has 0 aliphatic heterocycles. The van der Waals surface area contributed by atoms with Crippen LogP contribution in [0.15, 0.2) is 6.20 Å². The summed E-state index contributed by atoms with van der Waals surface area (Å²) in [6.45, 7) is 2.03. The van der Waals surface area contributed by atoms with E-state index in [1.807, 2.05) is 13.0 Å². The number of nitrogens with two attached hydrogens (primary N) is 1. The summed E-state index contributed by atoms with van der Waals surface area (Å²) >= 11 is 0. The summed E-state index contributed by atoms with van der Waals surface area (Å²) in [5.74, 6) is 0.234. The van der Waals surface area contributed by atoms with Gasteiger partial charge in [-0.05, 0) is 6.42 Å². The highest BCUT2D eigenvalue weighted by atomic mass is 15.0. The van der Waals surface area contributed by atoms with E-state index >= 15 is 0 Å². The molecular weight excluding hydrogens is 152 g/mol. The topological polar surface area (TPSA) is 75.6 Å². The molecule has 0 atom stereocenters. The molecule has 62 valence electrons. The molecule has 1 aromatic rings. The van der Waals surface area contributed by atoms with Crippen molar-refractivity contribution in [1.29, 1.82) is 5.26 Å². The van der Waals surface area contributed by atoms with Crippen molar-refractivity contribution < 1.29 is 0 Å². The third-order valence-electron chi connectivity index (χ3n) is 1.49. The lowest BCUT2D eigenvalue weighted by atomic mass is 10.1. The maximum Gasteiger partial charge on any atom is 0.220 e. The Kier molecular flexibility index (Phi) is 2.59. The molecule has 4 heteroatoms. The molecule has 0 saturated carbocycles. The first-order valence-corrected chi connectivity index (χ1v) is 3.79. The molecule has 0 saturated heterocycles. The van der Waals surface area contributed by atoms with Crippen molar-refractivity contribution in [3.05, 3.63) is 17.5 Å². The minimum atomic E-state index is 0.234. The summed E-state index contributed by atoms with van der Waals surface area (Å²) in [6, 6.07) is 2.03. The van der Waals surface area contributed by atoms with Crippen LogP contribution in [-0.4, -0.2) is 9.97 Å². The lowest BCUT2D eigenvalue weighted by Gasteiger charge is -2.00. The highest BCUT2D eigenvalue weighted by molar-refractivity contribution is 5.34. The maximum absolute atomic E-state index is 8.67. The number of nitrogen functional groups attached to an aromatic ring is 1. The van der Waals surface area contributed by atoms with Crippen molar-refractivity contribution in [3.63, 3.8) is 0 Å². The summed E-state index contributed by atoms with van der Waals surface area (Å²) in [6.07, 6.45) is 3.19. The molecule has 0 spiro atoms. The van der Waals surface area contributed by atoms with Gasteiger partial charge < -0.3 is 5.73 Å². The Morgan fingerprint density at radius 2 is 2.42 bits per heavy atom. The average Bonchev–Trinajstić information content (AvgIpc) is 2.05. The number of rotatable bonds is 2. The fourth-order valence-corrected chi connectivity index (χ4v) is 0.953. The molecule has 1 aromatic heterocycles. The molecule has 0 bridgehead atoms. The number of aromatic nitrogens is 2. The van der Waals surface area contributed by atoms with Crippen LogP contribution in [-0.2, 0) is 6.42 Å². The molecule has 0 aromatic carbocycles. The second-order valence-corrected chi connectivity index (χ2v) is 2.45. The third kappa shape index (κ3) is 1.70. The van der Waals surface area contributed by atoms with E-state index in [-0.39, 0.29) is 5.95 Å². The van der Waals surface area contributed by atoms with Gasteiger partial charge in [-0.15, -0.1) is 0 Å². The SMILES string of the molecule is CCCc1nc(N)ncc1C#N. The summed E-state index contributed by atoms with van der Waals surface area (Å²) < 4.78 is 0. The lowest BCUT2D eigenvalue weighted by molar-refractivity contribution is 0.871. The standard InChI is InChI=1S/C8H10N4/c1-2-3-7-6(4-9)5-11-8(10)12-7/h5H,2-3H2,1H3,(H2,10,11,12). The number of nitriles is 1. The molecule has 2 N–H and O–H groups in total. The number of aryl methyl sites for hydroxylation is 1. The van der Waals surface area contributed by atoms with Crippen LogP contribution in [0.2, 0.25) is 0 Å². The van der Waals surface area contributed by atoms with Gasteiger partial charge >= 0.3 is 0 Å². The van der Waals surface area contributed by atoms with Crippen molar-refractivity contribution in [1.82, 2.24) is 9.97 Å². The fraction of sp³-hybridized carbons (Fsp3) is 0.375. The lowest BCUT2D eigenvalue weighted by Crippen LogP contribution is -2.01. The second-order valence-electron chi connectivity index (χ2n) is 2.45. The van der Waals surface area contributed by atoms with Crippen LogP contribution in [0.4, 0.5) is 5.95 Å². The van der Waals surface area contributed by atoms with E-state index in [0.29, 0.717) is 5.56 Å². The molecule has 0 radical (unpaired) electrons. The molecule has 12 heavy (non-hydrogen) atoms. The quantitative estimate of drug-likeness (QED) is 0.700. The van der Waals surface area contributed by atoms with Gasteiger partial charge in [0.25, 0.3) is 0 Å². The van der Waals surface area contributed by atoms with Gasteiger partial charge in [-0.3, -0.25) is 0 Å². The summed E-state index contributed by atoms with van der Waals surface area (Å²) in [4.78, 5) is 7.71. The van der Waals surface area contributed by atoms with E-state index in [4.69, 9.17) is 11.0 Å². The minimum absolute atomic E-state index is 0.234. The zero-order chi connectivity index (χ0) is 8.97. The predicted molar refractivity (Wildman–Crippen MR) is 45.2 cm³/mol. The molecule has 0 aliphatic rings. The third-order valence-corrected chi connectivity index (χ3v) is 1.49. The second kappa shape index (κ2) is 3.67. The van der Waals surface area contributed by atoms with E-state index < -0.39 is 0 Å². The van der Waals surface area contributed by atoms with E-state index in [0.717, 1.165) is 18.5 Å². The normalized spacial score (nSPS) is 9.33. The Morgan fingerprint density at radius 1 is 1.67 bits per heavy atom. The molecule has 0 aliphatic carbocycles. The van der Waals surface area contributed by atoms with Gasteiger partial charge in [-0.25, -0.2) is 9.97 Å². The Bertz CT molecular complexity index is 313. The van der Waals surface area contributed by atoms with Crippen molar-refractivity contribution >= 4 is 5.95 Å². The monoisotopic (exact) mass is 162 g/mol. The minimum Gasteiger partial charge on any atom is -0.368 e. The van der Waals surface area contributed by atoms with Crippen molar-refractivity contribution in [3.8, 4) is 6.07 Å². The number of nitrogens with zero attached hydrogens (tertiary/aromatic N) is 3. The Labute approximate surface area is 71.1 Å². The van der Waals surface area contributed by atoms with Crippen LogP contribution in [0, 0.1) is 11.3 Å².